The van der Waals surface area contributed by atoms with Crippen molar-refractivity contribution in [1.29, 1.82) is 0 Å². The first-order chi connectivity index (χ1) is 12.3. The van der Waals surface area contributed by atoms with Crippen LogP contribution in [0.3, 0.4) is 0 Å². The second-order valence-corrected chi connectivity index (χ2v) is 6.72. The molecule has 6 nitrogen and oxygen atoms in total. The number of rotatable bonds is 6. The Morgan fingerprint density at radius 1 is 1.23 bits per heavy atom. The summed E-state index contributed by atoms with van der Waals surface area (Å²) >= 11 is 1.63. The van der Waals surface area contributed by atoms with Gasteiger partial charge in [0.15, 0.2) is 12.6 Å². The Kier molecular flexibility index (Phi) is 6.78. The van der Waals surface area contributed by atoms with Gasteiger partial charge < -0.3 is 15.4 Å². The van der Waals surface area contributed by atoms with Crippen molar-refractivity contribution >= 4 is 17.3 Å². The summed E-state index contributed by atoms with van der Waals surface area (Å²) in [5, 5.41) is 7.24. The van der Waals surface area contributed by atoms with Crippen molar-refractivity contribution in [3.05, 3.63) is 39.5 Å². The highest BCUT2D eigenvalue weighted by Gasteiger charge is 2.28. The van der Waals surface area contributed by atoms with Crippen molar-refractivity contribution in [2.75, 3.05) is 13.7 Å². The maximum atomic E-state index is 12.1. The Hall–Kier alpha value is -2.36. The van der Waals surface area contributed by atoms with Gasteiger partial charge in [-0.2, -0.15) is 13.2 Å². The largest absolute Gasteiger partial charge is 0.468 e. The zero-order valence-corrected chi connectivity index (χ0v) is 15.5. The molecule has 0 amide bonds. The van der Waals surface area contributed by atoms with Crippen LogP contribution in [0.25, 0.3) is 0 Å². The van der Waals surface area contributed by atoms with Crippen LogP contribution in [0.1, 0.15) is 21.1 Å². The molecule has 0 radical (unpaired) electrons. The van der Waals surface area contributed by atoms with E-state index in [4.69, 9.17) is 0 Å². The van der Waals surface area contributed by atoms with Gasteiger partial charge in [0.2, 0.25) is 5.88 Å². The van der Waals surface area contributed by atoms with Gasteiger partial charge in [-0.3, -0.25) is 4.99 Å². The molecule has 0 aliphatic heterocycles. The number of aliphatic imine (C=N–C) groups is 1. The van der Waals surface area contributed by atoms with Crippen LogP contribution in [-0.4, -0.2) is 35.8 Å². The first-order valence-corrected chi connectivity index (χ1v) is 8.60. The highest BCUT2D eigenvalue weighted by Crippen LogP contribution is 2.17. The summed E-state index contributed by atoms with van der Waals surface area (Å²) in [7, 11) is 1.65. The number of pyridine rings is 1. The van der Waals surface area contributed by atoms with Crippen LogP contribution in [0.2, 0.25) is 0 Å². The highest BCUT2D eigenvalue weighted by atomic mass is 32.1. The molecule has 0 atom stereocenters. The standard InChI is InChI=1S/C16H20F3N5OS/c1-10-11(2)26-14(24-10)8-23-15(20-3)22-7-12-4-5-13(21-6-12)25-9-16(17,18)19/h4-6H,7-9H2,1-3H3,(H2,20,22,23). The lowest BCUT2D eigenvalue weighted by molar-refractivity contribution is -0.154. The Bertz CT molecular complexity index is 724. The molecule has 0 aliphatic carbocycles. The lowest BCUT2D eigenvalue weighted by atomic mass is 10.3. The minimum Gasteiger partial charge on any atom is -0.468 e. The second kappa shape index (κ2) is 8.84. The molecular weight excluding hydrogens is 367 g/mol. The van der Waals surface area contributed by atoms with Crippen molar-refractivity contribution in [3.63, 3.8) is 0 Å². The van der Waals surface area contributed by atoms with Crippen molar-refractivity contribution in [1.82, 2.24) is 20.6 Å². The van der Waals surface area contributed by atoms with Gasteiger partial charge in [-0.15, -0.1) is 11.3 Å². The molecule has 0 bridgehead atoms. The van der Waals surface area contributed by atoms with Crippen molar-refractivity contribution in [3.8, 4) is 5.88 Å². The third-order valence-corrected chi connectivity index (χ3v) is 4.42. The fourth-order valence-corrected chi connectivity index (χ4v) is 2.81. The van der Waals surface area contributed by atoms with E-state index in [0.29, 0.717) is 19.0 Å². The molecule has 0 saturated carbocycles. The third kappa shape index (κ3) is 6.51. The number of halogens is 3. The number of hydrogen-bond acceptors (Lipinski definition) is 5. The van der Waals surface area contributed by atoms with E-state index in [1.807, 2.05) is 13.8 Å². The molecule has 0 spiro atoms. The van der Waals surface area contributed by atoms with Crippen molar-refractivity contribution < 1.29 is 17.9 Å². The van der Waals surface area contributed by atoms with Gasteiger partial charge >= 0.3 is 6.18 Å². The van der Waals surface area contributed by atoms with Crippen LogP contribution >= 0.6 is 11.3 Å². The maximum absolute atomic E-state index is 12.1. The van der Waals surface area contributed by atoms with E-state index in [2.05, 4.69) is 30.3 Å². The van der Waals surface area contributed by atoms with E-state index >= 15 is 0 Å². The molecule has 2 rings (SSSR count). The Morgan fingerprint density at radius 3 is 2.50 bits per heavy atom. The summed E-state index contributed by atoms with van der Waals surface area (Å²) in [4.78, 5) is 13.6. The molecule has 0 aromatic carbocycles. The summed E-state index contributed by atoms with van der Waals surface area (Å²) in [6.07, 6.45) is -2.92. The minimum atomic E-state index is -4.38. The number of guanidine groups is 1. The molecule has 0 saturated heterocycles. The SMILES string of the molecule is CN=C(NCc1ccc(OCC(F)(F)F)nc1)NCc1nc(C)c(C)s1. The molecule has 2 aromatic heterocycles. The number of alkyl halides is 3. The average Bonchev–Trinajstić information content (AvgIpc) is 2.91. The Labute approximate surface area is 153 Å². The molecule has 10 heteroatoms. The number of aryl methyl sites for hydroxylation is 2. The topological polar surface area (TPSA) is 71.4 Å². The molecule has 2 aromatic rings. The smallest absolute Gasteiger partial charge is 0.422 e. The number of nitrogens with one attached hydrogen (secondary N) is 2. The van der Waals surface area contributed by atoms with Crippen LogP contribution in [-0.2, 0) is 13.1 Å². The fourth-order valence-electron chi connectivity index (χ4n) is 1.94. The Morgan fingerprint density at radius 2 is 1.96 bits per heavy atom. The van der Waals surface area contributed by atoms with E-state index in [9.17, 15) is 13.2 Å². The predicted octanol–water partition coefficient (Wildman–Crippen LogP) is 2.96. The van der Waals surface area contributed by atoms with E-state index in [1.165, 1.54) is 17.1 Å². The van der Waals surface area contributed by atoms with Gasteiger partial charge in [0.05, 0.1) is 12.2 Å². The van der Waals surface area contributed by atoms with Gasteiger partial charge in [-0.25, -0.2) is 9.97 Å². The summed E-state index contributed by atoms with van der Waals surface area (Å²) in [5.41, 5.74) is 1.81. The number of ether oxygens (including phenoxy) is 1. The van der Waals surface area contributed by atoms with Crippen LogP contribution < -0.4 is 15.4 Å². The third-order valence-electron chi connectivity index (χ3n) is 3.34. The number of hydrogen-bond donors (Lipinski definition) is 2. The second-order valence-electron chi connectivity index (χ2n) is 5.44. The number of thiazole rings is 1. The molecule has 0 aliphatic rings. The van der Waals surface area contributed by atoms with Crippen LogP contribution in [0.15, 0.2) is 23.3 Å². The lowest BCUT2D eigenvalue weighted by Crippen LogP contribution is -2.36. The van der Waals surface area contributed by atoms with Gasteiger partial charge in [0.1, 0.15) is 5.01 Å². The highest BCUT2D eigenvalue weighted by molar-refractivity contribution is 7.11. The van der Waals surface area contributed by atoms with Crippen LogP contribution in [0, 0.1) is 13.8 Å². The van der Waals surface area contributed by atoms with E-state index < -0.39 is 12.8 Å². The van der Waals surface area contributed by atoms with Gasteiger partial charge in [0, 0.05) is 30.7 Å². The van der Waals surface area contributed by atoms with E-state index in [0.717, 1.165) is 16.3 Å². The van der Waals surface area contributed by atoms with E-state index in [1.54, 1.807) is 24.5 Å². The normalized spacial score (nSPS) is 12.2. The van der Waals surface area contributed by atoms with Crippen LogP contribution in [0.5, 0.6) is 5.88 Å². The van der Waals surface area contributed by atoms with Crippen LogP contribution in [0.4, 0.5) is 13.2 Å². The number of nitrogens with zero attached hydrogens (tertiary/aromatic N) is 3. The van der Waals surface area contributed by atoms with E-state index in [-0.39, 0.29) is 5.88 Å². The first-order valence-electron chi connectivity index (χ1n) is 7.78. The Balaban J connectivity index is 1.80. The van der Waals surface area contributed by atoms with Gasteiger partial charge in [-0.1, -0.05) is 6.07 Å². The maximum Gasteiger partial charge on any atom is 0.422 e. The zero-order chi connectivity index (χ0) is 19.2. The summed E-state index contributed by atoms with van der Waals surface area (Å²) in [5.74, 6) is 0.524. The molecule has 142 valence electrons. The first kappa shape index (κ1) is 20.0. The van der Waals surface area contributed by atoms with Gasteiger partial charge in [0.25, 0.3) is 0 Å². The minimum absolute atomic E-state index is 0.0666. The summed E-state index contributed by atoms with van der Waals surface area (Å²) in [6.45, 7) is 3.61. The fraction of sp³-hybridized carbons (Fsp3) is 0.438. The molecule has 0 unspecified atom stereocenters. The van der Waals surface area contributed by atoms with Crippen molar-refractivity contribution in [2.45, 2.75) is 33.1 Å². The average molecular weight is 387 g/mol. The number of aromatic nitrogens is 2. The molecule has 26 heavy (non-hydrogen) atoms. The molecular formula is C16H20F3N5OS. The quantitative estimate of drug-likeness (QED) is 0.589. The zero-order valence-electron chi connectivity index (χ0n) is 14.6. The molecule has 0 fully saturated rings. The monoisotopic (exact) mass is 387 g/mol. The summed E-state index contributed by atoms with van der Waals surface area (Å²) in [6, 6.07) is 3.05. The predicted molar refractivity (Wildman–Crippen MR) is 94.4 cm³/mol. The van der Waals surface area contributed by atoms with Crippen molar-refractivity contribution in [2.24, 2.45) is 4.99 Å². The summed E-state index contributed by atoms with van der Waals surface area (Å²) < 4.78 is 40.9. The molecule has 2 heterocycles. The lowest BCUT2D eigenvalue weighted by Gasteiger charge is -2.11. The van der Waals surface area contributed by atoms with Gasteiger partial charge in [-0.05, 0) is 19.4 Å². The molecule has 2 N–H and O–H groups in total.